The average molecular weight is 250 g/mol. The number of benzene rings is 1. The number of hydrogen-bond donors (Lipinski definition) is 1. The molecular formula is C14H18O4. The van der Waals surface area contributed by atoms with Crippen LogP contribution < -0.4 is 4.74 Å². The summed E-state index contributed by atoms with van der Waals surface area (Å²) in [4.78, 5) is 11.6. The minimum absolute atomic E-state index is 0.239. The van der Waals surface area contributed by atoms with E-state index in [4.69, 9.17) is 9.47 Å². The van der Waals surface area contributed by atoms with E-state index in [0.717, 1.165) is 17.7 Å². The van der Waals surface area contributed by atoms with Crippen LogP contribution in [0.1, 0.15) is 18.4 Å². The van der Waals surface area contributed by atoms with E-state index in [2.05, 4.69) is 0 Å². The summed E-state index contributed by atoms with van der Waals surface area (Å²) in [5.74, 6) is 0.0224. The van der Waals surface area contributed by atoms with Crippen molar-refractivity contribution in [2.24, 2.45) is 5.41 Å². The molecule has 18 heavy (non-hydrogen) atoms. The van der Waals surface area contributed by atoms with Crippen molar-refractivity contribution in [3.05, 3.63) is 29.8 Å². The largest absolute Gasteiger partial charge is 0.492 e. The van der Waals surface area contributed by atoms with Crippen LogP contribution in [0.2, 0.25) is 0 Å². The van der Waals surface area contributed by atoms with E-state index in [9.17, 15) is 9.90 Å². The zero-order valence-electron chi connectivity index (χ0n) is 10.5. The van der Waals surface area contributed by atoms with Crippen LogP contribution in [0, 0.1) is 5.41 Å². The van der Waals surface area contributed by atoms with E-state index in [0.29, 0.717) is 19.4 Å². The van der Waals surface area contributed by atoms with Crippen LogP contribution >= 0.6 is 0 Å². The first-order valence-electron chi connectivity index (χ1n) is 6.11. The number of carboxylic acid groups (broad SMARTS) is 1. The second-order valence-electron chi connectivity index (χ2n) is 4.76. The predicted molar refractivity (Wildman–Crippen MR) is 66.8 cm³/mol. The molecule has 0 aliphatic carbocycles. The van der Waals surface area contributed by atoms with Gasteiger partial charge >= 0.3 is 5.97 Å². The zero-order valence-corrected chi connectivity index (χ0v) is 10.5. The van der Waals surface area contributed by atoms with Crippen molar-refractivity contribution in [1.29, 1.82) is 0 Å². The van der Waals surface area contributed by atoms with E-state index >= 15 is 0 Å². The predicted octanol–water partition coefficient (Wildman–Crippen LogP) is 2.12. The van der Waals surface area contributed by atoms with Gasteiger partial charge in [-0.2, -0.15) is 0 Å². The number of carboxylic acids is 1. The van der Waals surface area contributed by atoms with Gasteiger partial charge in [-0.25, -0.2) is 0 Å². The highest BCUT2D eigenvalue weighted by Crippen LogP contribution is 2.37. The smallest absolute Gasteiger partial charge is 0.313 e. The standard InChI is InChI=1S/C14H18O4/c1-17-8-4-7-14(13(15)16)9-11-5-2-3-6-12(11)18-10-14/h2-3,5-6H,4,7-10H2,1H3,(H,15,16). The average Bonchev–Trinajstić information content (AvgIpc) is 2.38. The van der Waals surface area contributed by atoms with Gasteiger partial charge in [0.2, 0.25) is 0 Å². The quantitative estimate of drug-likeness (QED) is 0.813. The topological polar surface area (TPSA) is 55.8 Å². The van der Waals surface area contributed by atoms with Gasteiger partial charge in [0.1, 0.15) is 17.8 Å². The molecule has 2 rings (SSSR count). The molecule has 0 radical (unpaired) electrons. The lowest BCUT2D eigenvalue weighted by atomic mass is 9.77. The first-order valence-corrected chi connectivity index (χ1v) is 6.11. The number of para-hydroxylation sites is 1. The monoisotopic (exact) mass is 250 g/mol. The number of ether oxygens (including phenoxy) is 2. The van der Waals surface area contributed by atoms with E-state index in [1.54, 1.807) is 7.11 Å². The van der Waals surface area contributed by atoms with Crippen LogP contribution in [0.4, 0.5) is 0 Å². The van der Waals surface area contributed by atoms with Crippen molar-refractivity contribution in [2.75, 3.05) is 20.3 Å². The second-order valence-corrected chi connectivity index (χ2v) is 4.76. The van der Waals surface area contributed by atoms with Crippen molar-refractivity contribution in [2.45, 2.75) is 19.3 Å². The fourth-order valence-corrected chi connectivity index (χ4v) is 2.38. The van der Waals surface area contributed by atoms with Crippen LogP contribution in [-0.2, 0) is 16.0 Å². The van der Waals surface area contributed by atoms with Gasteiger partial charge in [-0.3, -0.25) is 4.79 Å². The molecule has 0 spiro atoms. The Morgan fingerprint density at radius 2 is 2.28 bits per heavy atom. The van der Waals surface area contributed by atoms with Crippen LogP contribution in [0.3, 0.4) is 0 Å². The van der Waals surface area contributed by atoms with Gasteiger partial charge in [-0.15, -0.1) is 0 Å². The highest BCUT2D eigenvalue weighted by molar-refractivity contribution is 5.76. The molecule has 0 saturated carbocycles. The highest BCUT2D eigenvalue weighted by atomic mass is 16.5. The molecule has 0 amide bonds. The van der Waals surface area contributed by atoms with Crippen molar-refractivity contribution in [3.63, 3.8) is 0 Å². The first-order chi connectivity index (χ1) is 8.68. The molecule has 1 atom stereocenters. The highest BCUT2D eigenvalue weighted by Gasteiger charge is 2.42. The molecule has 0 aromatic heterocycles. The number of rotatable bonds is 5. The molecule has 0 saturated heterocycles. The molecule has 0 fully saturated rings. The maximum Gasteiger partial charge on any atom is 0.313 e. The molecule has 4 nitrogen and oxygen atoms in total. The Hall–Kier alpha value is -1.55. The summed E-state index contributed by atoms with van der Waals surface area (Å²) in [6, 6.07) is 7.63. The maximum atomic E-state index is 11.6. The van der Waals surface area contributed by atoms with Gasteiger partial charge in [-0.1, -0.05) is 18.2 Å². The Morgan fingerprint density at radius 3 is 3.00 bits per heavy atom. The summed E-state index contributed by atoms with van der Waals surface area (Å²) in [6.45, 7) is 0.819. The van der Waals surface area contributed by atoms with Gasteiger partial charge in [0.05, 0.1) is 0 Å². The Morgan fingerprint density at radius 1 is 1.50 bits per heavy atom. The van der Waals surface area contributed by atoms with Gasteiger partial charge in [0.15, 0.2) is 0 Å². The third-order valence-corrected chi connectivity index (χ3v) is 3.46. The van der Waals surface area contributed by atoms with E-state index in [1.165, 1.54) is 0 Å². The lowest BCUT2D eigenvalue weighted by molar-refractivity contribution is -0.152. The van der Waals surface area contributed by atoms with Crippen molar-refractivity contribution in [1.82, 2.24) is 0 Å². The molecule has 0 bridgehead atoms. The lowest BCUT2D eigenvalue weighted by Crippen LogP contribution is -2.42. The van der Waals surface area contributed by atoms with Crippen LogP contribution in [0.5, 0.6) is 5.75 Å². The Labute approximate surface area is 107 Å². The summed E-state index contributed by atoms with van der Waals surface area (Å²) in [7, 11) is 1.63. The molecular weight excluding hydrogens is 232 g/mol. The SMILES string of the molecule is COCCCC1(C(=O)O)COc2ccccc2C1. The van der Waals surface area contributed by atoms with Crippen LogP contribution in [0.15, 0.2) is 24.3 Å². The Bertz CT molecular complexity index is 430. The molecule has 98 valence electrons. The third kappa shape index (κ3) is 2.48. The van der Waals surface area contributed by atoms with Crippen molar-refractivity contribution in [3.8, 4) is 5.75 Å². The molecule has 1 aliphatic rings. The number of carbonyl (C=O) groups is 1. The molecule has 1 aromatic rings. The minimum atomic E-state index is -0.813. The normalized spacial score (nSPS) is 22.1. The molecule has 1 heterocycles. The van der Waals surface area contributed by atoms with E-state index in [-0.39, 0.29) is 6.61 Å². The molecule has 1 aliphatic heterocycles. The number of fused-ring (bicyclic) bond motifs is 1. The fourth-order valence-electron chi connectivity index (χ4n) is 2.38. The summed E-state index contributed by atoms with van der Waals surface area (Å²) in [5.41, 5.74) is 0.163. The molecule has 4 heteroatoms. The van der Waals surface area contributed by atoms with Crippen LogP contribution in [-0.4, -0.2) is 31.4 Å². The lowest BCUT2D eigenvalue weighted by Gasteiger charge is -2.34. The zero-order chi connectivity index (χ0) is 13.0. The molecule has 1 unspecified atom stereocenters. The van der Waals surface area contributed by atoms with Crippen molar-refractivity contribution < 1.29 is 19.4 Å². The van der Waals surface area contributed by atoms with Gasteiger partial charge in [0, 0.05) is 13.7 Å². The number of aliphatic carboxylic acids is 1. The van der Waals surface area contributed by atoms with Crippen LogP contribution in [0.25, 0.3) is 0 Å². The number of hydrogen-bond acceptors (Lipinski definition) is 3. The summed E-state index contributed by atoms with van der Waals surface area (Å²) in [5, 5.41) is 9.49. The molecule has 1 N–H and O–H groups in total. The van der Waals surface area contributed by atoms with Gasteiger partial charge < -0.3 is 14.6 Å². The number of methoxy groups -OCH3 is 1. The van der Waals surface area contributed by atoms with E-state index in [1.807, 2.05) is 24.3 Å². The van der Waals surface area contributed by atoms with Gasteiger partial charge in [-0.05, 0) is 30.9 Å². The first kappa shape index (κ1) is 12.9. The Balaban J connectivity index is 2.16. The second kappa shape index (κ2) is 5.40. The maximum absolute atomic E-state index is 11.6. The minimum Gasteiger partial charge on any atom is -0.492 e. The third-order valence-electron chi connectivity index (χ3n) is 3.46. The Kier molecular flexibility index (Phi) is 3.87. The molecule has 1 aromatic carbocycles. The fraction of sp³-hybridized carbons (Fsp3) is 0.500. The van der Waals surface area contributed by atoms with E-state index < -0.39 is 11.4 Å². The van der Waals surface area contributed by atoms with Gasteiger partial charge in [0.25, 0.3) is 0 Å². The summed E-state index contributed by atoms with van der Waals surface area (Å²) >= 11 is 0. The summed E-state index contributed by atoms with van der Waals surface area (Å²) in [6.07, 6.45) is 1.83. The summed E-state index contributed by atoms with van der Waals surface area (Å²) < 4.78 is 10.6. The van der Waals surface area contributed by atoms with Crippen molar-refractivity contribution >= 4 is 5.97 Å².